The molecule has 3 N–H and O–H groups in total. The van der Waals surface area contributed by atoms with Crippen molar-refractivity contribution >= 4 is 0 Å². The lowest BCUT2D eigenvalue weighted by Gasteiger charge is -2.41. The lowest BCUT2D eigenvalue weighted by atomic mass is 9.99. The van der Waals surface area contributed by atoms with E-state index in [1.807, 2.05) is 0 Å². The third kappa shape index (κ3) is 3.61. The second-order valence-corrected chi connectivity index (χ2v) is 3.92. The van der Waals surface area contributed by atoms with Gasteiger partial charge < -0.3 is 29.5 Å². The Morgan fingerprint density at radius 2 is 1.67 bits per heavy atom. The average molecular weight is 260 g/mol. The van der Waals surface area contributed by atoms with Gasteiger partial charge in [0.2, 0.25) is 0 Å². The molecule has 1 fully saturated rings. The zero-order valence-corrected chi connectivity index (χ0v) is 10.1. The largest absolute Gasteiger partial charge is 0.394 e. The Labute approximate surface area is 106 Å². The smallest absolute Gasteiger partial charge is 0.187 e. The molecular weight excluding hydrogens is 240 g/mol. The van der Waals surface area contributed by atoms with Crippen LogP contribution in [-0.2, 0) is 14.2 Å². The number of aliphatic hydroxyl groups excluding tert-OH is 3. The van der Waals surface area contributed by atoms with E-state index in [-0.39, 0.29) is 13.2 Å². The highest BCUT2D eigenvalue weighted by atomic mass is 16.7. The summed E-state index contributed by atoms with van der Waals surface area (Å²) in [7, 11) is 0. The molecule has 0 spiro atoms. The Morgan fingerprint density at radius 1 is 1.06 bits per heavy atom. The molecule has 1 aliphatic rings. The van der Waals surface area contributed by atoms with Crippen LogP contribution in [0.4, 0.5) is 0 Å². The zero-order valence-electron chi connectivity index (χ0n) is 10.1. The van der Waals surface area contributed by atoms with Gasteiger partial charge in [-0.05, 0) is 0 Å². The summed E-state index contributed by atoms with van der Waals surface area (Å²) in [6.07, 6.45) is -2.02. The molecule has 6 heteroatoms. The Kier molecular flexibility index (Phi) is 6.48. The first-order chi connectivity index (χ1) is 8.65. The van der Waals surface area contributed by atoms with Crippen molar-refractivity contribution in [3.8, 4) is 0 Å². The van der Waals surface area contributed by atoms with E-state index in [1.54, 1.807) is 0 Å². The third-order valence-corrected chi connectivity index (χ3v) is 2.61. The maximum atomic E-state index is 9.93. The Morgan fingerprint density at radius 3 is 2.22 bits per heavy atom. The van der Waals surface area contributed by atoms with Crippen LogP contribution in [0, 0.1) is 0 Å². The van der Waals surface area contributed by atoms with Crippen LogP contribution in [0.2, 0.25) is 0 Å². The van der Waals surface area contributed by atoms with Crippen molar-refractivity contribution < 1.29 is 29.5 Å². The standard InChI is InChI=1S/C12H20O6/c1-3-5-16-11-10(15)9(14)8(7-13)18-12(11)17-6-4-2/h3-4,8-15H,1-2,5-7H2/t8-,9-,10+,11-,12+/m1/s1. The predicted molar refractivity (Wildman–Crippen MR) is 63.8 cm³/mol. The van der Waals surface area contributed by atoms with E-state index in [9.17, 15) is 10.2 Å². The van der Waals surface area contributed by atoms with Gasteiger partial charge in [0, 0.05) is 0 Å². The number of aliphatic hydroxyl groups is 3. The molecule has 104 valence electrons. The van der Waals surface area contributed by atoms with Crippen molar-refractivity contribution in [2.24, 2.45) is 0 Å². The molecule has 1 saturated heterocycles. The van der Waals surface area contributed by atoms with Crippen LogP contribution in [0.3, 0.4) is 0 Å². The minimum atomic E-state index is -1.23. The van der Waals surface area contributed by atoms with Crippen molar-refractivity contribution in [2.75, 3.05) is 19.8 Å². The van der Waals surface area contributed by atoms with E-state index in [4.69, 9.17) is 19.3 Å². The van der Waals surface area contributed by atoms with Gasteiger partial charge in [0.25, 0.3) is 0 Å². The van der Waals surface area contributed by atoms with Crippen molar-refractivity contribution in [3.05, 3.63) is 25.3 Å². The highest BCUT2D eigenvalue weighted by Gasteiger charge is 2.45. The fourth-order valence-electron chi connectivity index (χ4n) is 1.71. The Bertz CT molecular complexity index is 269. The Balaban J connectivity index is 2.72. The highest BCUT2D eigenvalue weighted by Crippen LogP contribution is 2.24. The van der Waals surface area contributed by atoms with Gasteiger partial charge in [-0.3, -0.25) is 0 Å². The summed E-state index contributed by atoms with van der Waals surface area (Å²) in [6.45, 7) is 6.99. The van der Waals surface area contributed by atoms with Crippen LogP contribution >= 0.6 is 0 Å². The molecule has 0 aromatic heterocycles. The fourth-order valence-corrected chi connectivity index (χ4v) is 1.71. The molecule has 0 aromatic carbocycles. The summed E-state index contributed by atoms with van der Waals surface area (Å²) in [5.74, 6) is 0. The van der Waals surface area contributed by atoms with Gasteiger partial charge in [-0.15, -0.1) is 13.2 Å². The van der Waals surface area contributed by atoms with Crippen LogP contribution in [-0.4, -0.2) is 65.8 Å². The lowest BCUT2D eigenvalue weighted by molar-refractivity contribution is -0.305. The molecular formula is C12H20O6. The van der Waals surface area contributed by atoms with E-state index < -0.39 is 37.3 Å². The first kappa shape index (κ1) is 15.3. The second kappa shape index (κ2) is 7.63. The minimum absolute atomic E-state index is 0.190. The van der Waals surface area contributed by atoms with Gasteiger partial charge in [0.05, 0.1) is 19.8 Å². The third-order valence-electron chi connectivity index (χ3n) is 2.61. The molecule has 0 aliphatic carbocycles. The molecule has 6 nitrogen and oxygen atoms in total. The van der Waals surface area contributed by atoms with Crippen LogP contribution in [0.15, 0.2) is 25.3 Å². The zero-order chi connectivity index (χ0) is 13.5. The number of hydrogen-bond acceptors (Lipinski definition) is 6. The van der Waals surface area contributed by atoms with Crippen LogP contribution in [0.5, 0.6) is 0 Å². The molecule has 0 bridgehead atoms. The summed E-state index contributed by atoms with van der Waals surface area (Å²) in [4.78, 5) is 0. The second-order valence-electron chi connectivity index (χ2n) is 3.92. The average Bonchev–Trinajstić information content (AvgIpc) is 2.39. The number of hydrogen-bond donors (Lipinski definition) is 3. The molecule has 0 amide bonds. The van der Waals surface area contributed by atoms with Gasteiger partial charge in [-0.1, -0.05) is 12.2 Å². The highest BCUT2D eigenvalue weighted by molar-refractivity contribution is 4.91. The molecule has 1 rings (SSSR count). The molecule has 1 aliphatic heterocycles. The topological polar surface area (TPSA) is 88.4 Å². The number of rotatable bonds is 7. The van der Waals surface area contributed by atoms with E-state index in [0.29, 0.717) is 0 Å². The number of ether oxygens (including phenoxy) is 3. The van der Waals surface area contributed by atoms with Crippen LogP contribution in [0.1, 0.15) is 0 Å². The summed E-state index contributed by atoms with van der Waals surface area (Å²) >= 11 is 0. The molecule has 0 unspecified atom stereocenters. The monoisotopic (exact) mass is 260 g/mol. The Hall–Kier alpha value is -0.760. The summed E-state index contributed by atoms with van der Waals surface area (Å²) in [5, 5.41) is 28.7. The first-order valence-electron chi connectivity index (χ1n) is 5.73. The lowest BCUT2D eigenvalue weighted by Crippen LogP contribution is -2.60. The van der Waals surface area contributed by atoms with E-state index in [0.717, 1.165) is 0 Å². The van der Waals surface area contributed by atoms with E-state index in [1.165, 1.54) is 12.2 Å². The molecule has 1 heterocycles. The summed E-state index contributed by atoms with van der Waals surface area (Å²) < 4.78 is 16.0. The summed E-state index contributed by atoms with van der Waals surface area (Å²) in [6, 6.07) is 0. The molecule has 5 atom stereocenters. The van der Waals surface area contributed by atoms with Gasteiger partial charge in [-0.2, -0.15) is 0 Å². The normalized spacial score (nSPS) is 36.3. The molecule has 0 saturated carbocycles. The van der Waals surface area contributed by atoms with Gasteiger partial charge in [-0.25, -0.2) is 0 Å². The van der Waals surface area contributed by atoms with Crippen LogP contribution < -0.4 is 0 Å². The van der Waals surface area contributed by atoms with Gasteiger partial charge in [0.1, 0.15) is 24.4 Å². The SMILES string of the molecule is C=CCO[C@H]1O[C@H](CO)[C@@H](O)[C@H](O)[C@H]1OCC=C. The van der Waals surface area contributed by atoms with E-state index >= 15 is 0 Å². The van der Waals surface area contributed by atoms with Crippen molar-refractivity contribution in [1.82, 2.24) is 0 Å². The predicted octanol–water partition coefficient (Wildman–Crippen LogP) is -0.801. The fraction of sp³-hybridized carbons (Fsp3) is 0.667. The quantitative estimate of drug-likeness (QED) is 0.519. The molecule has 18 heavy (non-hydrogen) atoms. The first-order valence-corrected chi connectivity index (χ1v) is 5.73. The maximum absolute atomic E-state index is 9.93. The van der Waals surface area contributed by atoms with Crippen molar-refractivity contribution in [1.29, 1.82) is 0 Å². The van der Waals surface area contributed by atoms with Gasteiger partial charge >= 0.3 is 0 Å². The summed E-state index contributed by atoms with van der Waals surface area (Å²) in [5.41, 5.74) is 0. The maximum Gasteiger partial charge on any atom is 0.187 e. The molecule has 0 radical (unpaired) electrons. The van der Waals surface area contributed by atoms with Crippen molar-refractivity contribution in [2.45, 2.75) is 30.7 Å². The van der Waals surface area contributed by atoms with Crippen molar-refractivity contribution in [3.63, 3.8) is 0 Å². The van der Waals surface area contributed by atoms with E-state index in [2.05, 4.69) is 13.2 Å². The van der Waals surface area contributed by atoms with Gasteiger partial charge in [0.15, 0.2) is 6.29 Å². The van der Waals surface area contributed by atoms with Crippen LogP contribution in [0.25, 0.3) is 0 Å². The minimum Gasteiger partial charge on any atom is -0.394 e. The molecule has 0 aromatic rings.